The molecule has 2 N–H and O–H groups in total. The average molecular weight is 391 g/mol. The van der Waals surface area contributed by atoms with E-state index in [1.807, 2.05) is 18.2 Å². The van der Waals surface area contributed by atoms with Gasteiger partial charge in [-0.3, -0.25) is 15.1 Å². The molecule has 2 heterocycles. The second kappa shape index (κ2) is 7.23. The molecule has 0 unspecified atom stereocenters. The van der Waals surface area contributed by atoms with Gasteiger partial charge in [-0.25, -0.2) is 4.79 Å². The summed E-state index contributed by atoms with van der Waals surface area (Å²) >= 11 is 0. The van der Waals surface area contributed by atoms with Gasteiger partial charge in [0.2, 0.25) is 0 Å². The van der Waals surface area contributed by atoms with Crippen molar-refractivity contribution in [2.75, 3.05) is 5.32 Å². The molecule has 4 rings (SSSR count). The monoisotopic (exact) mass is 391 g/mol. The number of nitrogens with zero attached hydrogens (tertiary/aromatic N) is 2. The van der Waals surface area contributed by atoms with Crippen molar-refractivity contribution < 1.29 is 14.4 Å². The molecule has 8 nitrogen and oxygen atoms in total. The molecule has 0 saturated carbocycles. The fourth-order valence-electron chi connectivity index (χ4n) is 3.37. The molecule has 1 aliphatic heterocycles. The molecule has 8 heteroatoms. The summed E-state index contributed by atoms with van der Waals surface area (Å²) in [4.78, 5) is 27.5. The first-order valence-electron chi connectivity index (χ1n) is 8.94. The minimum atomic E-state index is -0.664. The van der Waals surface area contributed by atoms with E-state index in [-0.39, 0.29) is 29.5 Å². The topological polar surface area (TPSA) is 118 Å². The van der Waals surface area contributed by atoms with Gasteiger partial charge in [-0.15, -0.1) is 0 Å². The maximum absolute atomic E-state index is 12.4. The maximum atomic E-state index is 12.4. The molecule has 0 radical (unpaired) electrons. The Kier molecular flexibility index (Phi) is 4.59. The van der Waals surface area contributed by atoms with Gasteiger partial charge in [0.15, 0.2) is 0 Å². The summed E-state index contributed by atoms with van der Waals surface area (Å²) in [5.41, 5.74) is 1.87. The number of non-ortho nitro benzene ring substituents is 1. The van der Waals surface area contributed by atoms with Gasteiger partial charge >= 0.3 is 5.63 Å². The molecular formula is C21H17N3O5. The molecule has 1 aromatic heterocycles. The van der Waals surface area contributed by atoms with E-state index in [2.05, 4.69) is 10.3 Å². The Morgan fingerprint density at radius 2 is 1.93 bits per heavy atom. The predicted molar refractivity (Wildman–Crippen MR) is 108 cm³/mol. The average Bonchev–Trinajstić information content (AvgIpc) is 2.87. The molecule has 0 aliphatic carbocycles. The van der Waals surface area contributed by atoms with Crippen molar-refractivity contribution >= 4 is 22.8 Å². The van der Waals surface area contributed by atoms with Crippen LogP contribution in [0.1, 0.15) is 29.3 Å². The van der Waals surface area contributed by atoms with Crippen LogP contribution in [0.25, 0.3) is 0 Å². The standard InChI is InChI=1S/C21H17N3O5/c1-12-10-19(25)20(21(26)29-12)18-11-17(13-6-8-14(9-7-13)24(27)28)22-15-4-2-3-5-16(15)23-18/h2-10,17,22,25H,11H2,1H3/t17-/m0/s1. The quantitative estimate of drug-likeness (QED) is 0.509. The summed E-state index contributed by atoms with van der Waals surface area (Å²) < 4.78 is 5.16. The minimum Gasteiger partial charge on any atom is -0.507 e. The number of anilines is 1. The lowest BCUT2D eigenvalue weighted by Gasteiger charge is -2.19. The zero-order valence-corrected chi connectivity index (χ0v) is 15.5. The van der Waals surface area contributed by atoms with Crippen molar-refractivity contribution in [1.82, 2.24) is 0 Å². The molecule has 1 atom stereocenters. The second-order valence-electron chi connectivity index (χ2n) is 6.73. The number of hydrogen-bond donors (Lipinski definition) is 2. The molecule has 146 valence electrons. The van der Waals surface area contributed by atoms with Gasteiger partial charge in [0.25, 0.3) is 5.69 Å². The zero-order chi connectivity index (χ0) is 20.5. The molecule has 0 amide bonds. The van der Waals surface area contributed by atoms with Gasteiger partial charge in [0, 0.05) is 24.6 Å². The third-order valence-electron chi connectivity index (χ3n) is 4.74. The third kappa shape index (κ3) is 3.60. The summed E-state index contributed by atoms with van der Waals surface area (Å²) in [7, 11) is 0. The lowest BCUT2D eigenvalue weighted by molar-refractivity contribution is -0.384. The van der Waals surface area contributed by atoms with E-state index in [0.29, 0.717) is 17.2 Å². The van der Waals surface area contributed by atoms with Crippen molar-refractivity contribution in [2.24, 2.45) is 4.99 Å². The predicted octanol–water partition coefficient (Wildman–Crippen LogP) is 4.24. The molecule has 0 bridgehead atoms. The van der Waals surface area contributed by atoms with Crippen LogP contribution in [0.15, 0.2) is 68.8 Å². The van der Waals surface area contributed by atoms with Crippen molar-refractivity contribution in [1.29, 1.82) is 0 Å². The number of aliphatic imine (C=N–C) groups is 1. The van der Waals surface area contributed by atoms with Crippen LogP contribution in [0, 0.1) is 17.0 Å². The lowest BCUT2D eigenvalue weighted by atomic mass is 9.97. The van der Waals surface area contributed by atoms with Gasteiger partial charge in [0.1, 0.15) is 17.1 Å². The summed E-state index contributed by atoms with van der Waals surface area (Å²) in [6.45, 7) is 1.58. The van der Waals surface area contributed by atoms with Crippen LogP contribution in [-0.4, -0.2) is 15.7 Å². The Bertz CT molecular complexity index is 1180. The number of rotatable bonds is 3. The van der Waals surface area contributed by atoms with Crippen LogP contribution in [0.2, 0.25) is 0 Å². The highest BCUT2D eigenvalue weighted by Crippen LogP contribution is 2.36. The molecule has 0 fully saturated rings. The first kappa shape index (κ1) is 18.4. The number of nitro groups is 1. The Balaban J connectivity index is 1.82. The summed E-state index contributed by atoms with van der Waals surface area (Å²) in [5.74, 6) is 0.107. The van der Waals surface area contributed by atoms with Gasteiger partial charge < -0.3 is 14.8 Å². The Hall–Kier alpha value is -3.94. The van der Waals surface area contributed by atoms with Gasteiger partial charge in [0.05, 0.1) is 28.1 Å². The van der Waals surface area contributed by atoms with E-state index >= 15 is 0 Å². The van der Waals surface area contributed by atoms with Crippen LogP contribution in [0.4, 0.5) is 17.1 Å². The third-order valence-corrected chi connectivity index (χ3v) is 4.74. The highest BCUT2D eigenvalue weighted by molar-refractivity contribution is 6.05. The molecule has 0 saturated heterocycles. The van der Waals surface area contributed by atoms with Gasteiger partial charge in [-0.1, -0.05) is 24.3 Å². The zero-order valence-electron chi connectivity index (χ0n) is 15.5. The summed E-state index contributed by atoms with van der Waals surface area (Å²) in [6.07, 6.45) is 0.272. The van der Waals surface area contributed by atoms with E-state index in [0.717, 1.165) is 11.3 Å². The molecule has 1 aliphatic rings. The number of aryl methyl sites for hydroxylation is 1. The molecular weight excluding hydrogens is 374 g/mol. The van der Waals surface area contributed by atoms with Crippen LogP contribution < -0.4 is 10.9 Å². The van der Waals surface area contributed by atoms with Crippen LogP contribution in [0.3, 0.4) is 0 Å². The van der Waals surface area contributed by atoms with E-state index in [4.69, 9.17) is 4.42 Å². The molecule has 0 spiro atoms. The van der Waals surface area contributed by atoms with Crippen molar-refractivity contribution in [2.45, 2.75) is 19.4 Å². The second-order valence-corrected chi connectivity index (χ2v) is 6.73. The van der Waals surface area contributed by atoms with Gasteiger partial charge in [-0.2, -0.15) is 0 Å². The smallest absolute Gasteiger partial charge is 0.348 e. The number of para-hydroxylation sites is 2. The number of benzene rings is 2. The van der Waals surface area contributed by atoms with Crippen molar-refractivity contribution in [3.8, 4) is 5.75 Å². The summed E-state index contributed by atoms with van der Waals surface area (Å²) in [6, 6.07) is 14.6. The van der Waals surface area contributed by atoms with E-state index < -0.39 is 10.5 Å². The van der Waals surface area contributed by atoms with Crippen LogP contribution >= 0.6 is 0 Å². The first-order valence-corrected chi connectivity index (χ1v) is 8.94. The van der Waals surface area contributed by atoms with E-state index in [1.165, 1.54) is 18.2 Å². The molecule has 3 aromatic rings. The number of aromatic hydroxyl groups is 1. The van der Waals surface area contributed by atoms with Gasteiger partial charge in [-0.05, 0) is 24.6 Å². The largest absolute Gasteiger partial charge is 0.507 e. The SMILES string of the molecule is Cc1cc(O)c(C2=Nc3ccccc3N[C@H](c3ccc([N+](=O)[O-])cc3)C2)c(=O)o1. The fourth-order valence-corrected chi connectivity index (χ4v) is 3.37. The fraction of sp³-hybridized carbons (Fsp3) is 0.143. The van der Waals surface area contributed by atoms with Crippen molar-refractivity contribution in [3.63, 3.8) is 0 Å². The van der Waals surface area contributed by atoms with E-state index in [1.54, 1.807) is 25.1 Å². The highest BCUT2D eigenvalue weighted by atomic mass is 16.6. The highest BCUT2D eigenvalue weighted by Gasteiger charge is 2.25. The number of fused-ring (bicyclic) bond motifs is 1. The Morgan fingerprint density at radius 1 is 1.21 bits per heavy atom. The Morgan fingerprint density at radius 3 is 2.62 bits per heavy atom. The number of nitro benzene ring substituents is 1. The Labute approximate surface area is 165 Å². The first-order chi connectivity index (χ1) is 13.9. The summed E-state index contributed by atoms with van der Waals surface area (Å²) in [5, 5.41) is 24.7. The molecule has 29 heavy (non-hydrogen) atoms. The van der Waals surface area contributed by atoms with Crippen molar-refractivity contribution in [3.05, 3.63) is 92.0 Å². The van der Waals surface area contributed by atoms with E-state index in [9.17, 15) is 20.0 Å². The number of hydrogen-bond acceptors (Lipinski definition) is 7. The lowest BCUT2D eigenvalue weighted by Crippen LogP contribution is -2.20. The molecule has 2 aromatic carbocycles. The number of nitrogens with one attached hydrogen (secondary N) is 1. The van der Waals surface area contributed by atoms with Crippen LogP contribution in [0.5, 0.6) is 5.75 Å². The minimum absolute atomic E-state index is 0.00603. The normalized spacial score (nSPS) is 15.6. The van der Waals surface area contributed by atoms with Crippen LogP contribution in [-0.2, 0) is 0 Å². The maximum Gasteiger partial charge on any atom is 0.348 e.